The lowest BCUT2D eigenvalue weighted by Gasteiger charge is -2.28. The van der Waals surface area contributed by atoms with Crippen LogP contribution in [0, 0.1) is 11.6 Å². The summed E-state index contributed by atoms with van der Waals surface area (Å²) in [4.78, 5) is 19.6. The number of nitrogens with zero attached hydrogens (tertiary/aromatic N) is 3. The molecule has 0 spiro atoms. The molecule has 0 radical (unpaired) electrons. The van der Waals surface area contributed by atoms with Crippen molar-refractivity contribution in [3.05, 3.63) is 52.6 Å². The summed E-state index contributed by atoms with van der Waals surface area (Å²) in [5.74, 6) is -1.91. The summed E-state index contributed by atoms with van der Waals surface area (Å²) in [5.41, 5.74) is 0.623. The molecule has 3 aromatic rings. The zero-order valence-electron chi connectivity index (χ0n) is 22.0. The molecular weight excluding hydrogens is 478 g/mol. The molecule has 2 aromatic carbocycles. The molecule has 1 fully saturated rings. The predicted octanol–water partition coefficient (Wildman–Crippen LogP) is 5.72. The third-order valence-corrected chi connectivity index (χ3v) is 6.98. The van der Waals surface area contributed by atoms with Gasteiger partial charge in [-0.2, -0.15) is 0 Å². The Morgan fingerprint density at radius 2 is 1.76 bits per heavy atom. The van der Waals surface area contributed by atoms with E-state index in [0.29, 0.717) is 36.1 Å². The lowest BCUT2D eigenvalue weighted by atomic mass is 9.95. The number of benzene rings is 2. The summed E-state index contributed by atoms with van der Waals surface area (Å²) in [6.07, 6.45) is 7.48. The second kappa shape index (κ2) is 11.9. The molecule has 0 saturated heterocycles. The van der Waals surface area contributed by atoms with Crippen LogP contribution in [0.2, 0.25) is 0 Å². The fourth-order valence-electron chi connectivity index (χ4n) is 5.02. The molecule has 1 saturated carbocycles. The van der Waals surface area contributed by atoms with Gasteiger partial charge in [0.25, 0.3) is 5.56 Å². The van der Waals surface area contributed by atoms with Crippen molar-refractivity contribution in [1.29, 1.82) is 0 Å². The molecule has 0 atom stereocenters. The Hall–Kier alpha value is -3.20. The number of fused-ring (bicyclic) bond motifs is 1. The van der Waals surface area contributed by atoms with Crippen molar-refractivity contribution >= 4 is 22.3 Å². The third kappa shape index (κ3) is 5.71. The van der Waals surface area contributed by atoms with Gasteiger partial charge in [-0.15, -0.1) is 0 Å². The minimum absolute atomic E-state index is 0.123. The zero-order valence-corrected chi connectivity index (χ0v) is 22.0. The van der Waals surface area contributed by atoms with Crippen molar-refractivity contribution in [2.45, 2.75) is 64.5 Å². The van der Waals surface area contributed by atoms with Gasteiger partial charge in [-0.25, -0.2) is 13.8 Å². The van der Waals surface area contributed by atoms with E-state index in [1.807, 2.05) is 13.8 Å². The number of nitrogens with one attached hydrogen (secondary N) is 1. The Labute approximate surface area is 216 Å². The molecular formula is C28H36F2N4O3. The van der Waals surface area contributed by atoms with Crippen LogP contribution in [0.5, 0.6) is 11.5 Å². The van der Waals surface area contributed by atoms with Gasteiger partial charge in [0.15, 0.2) is 23.1 Å². The molecule has 1 aromatic heterocycles. The summed E-state index contributed by atoms with van der Waals surface area (Å²) in [6.45, 7) is 5.03. The molecule has 1 heterocycles. The Balaban J connectivity index is 1.82. The molecule has 0 unspecified atom stereocenters. The van der Waals surface area contributed by atoms with Crippen molar-refractivity contribution in [3.63, 3.8) is 0 Å². The molecule has 37 heavy (non-hydrogen) atoms. The van der Waals surface area contributed by atoms with Crippen LogP contribution in [0.15, 0.2) is 35.4 Å². The molecule has 0 bridgehead atoms. The van der Waals surface area contributed by atoms with Gasteiger partial charge in [0, 0.05) is 30.4 Å². The first-order valence-corrected chi connectivity index (χ1v) is 13.0. The maximum atomic E-state index is 15.6. The maximum absolute atomic E-state index is 15.6. The van der Waals surface area contributed by atoms with E-state index in [-0.39, 0.29) is 34.8 Å². The lowest BCUT2D eigenvalue weighted by Crippen LogP contribution is -2.29. The fraction of sp³-hybridized carbons (Fsp3) is 0.500. The molecule has 7 nitrogen and oxygen atoms in total. The number of halogens is 2. The van der Waals surface area contributed by atoms with Crippen LogP contribution >= 0.6 is 0 Å². The Morgan fingerprint density at radius 1 is 1.08 bits per heavy atom. The van der Waals surface area contributed by atoms with Gasteiger partial charge in [-0.05, 0) is 44.0 Å². The molecule has 0 amide bonds. The van der Waals surface area contributed by atoms with Gasteiger partial charge in [0.1, 0.15) is 5.69 Å². The summed E-state index contributed by atoms with van der Waals surface area (Å²) in [5, 5.41) is 3.76. The van der Waals surface area contributed by atoms with Crippen LogP contribution in [-0.2, 0) is 0 Å². The van der Waals surface area contributed by atoms with E-state index in [4.69, 9.17) is 9.47 Å². The van der Waals surface area contributed by atoms with Crippen molar-refractivity contribution in [2.24, 2.45) is 0 Å². The number of anilines is 2. The quantitative estimate of drug-likeness (QED) is 0.349. The normalized spacial score (nSPS) is 14.4. The van der Waals surface area contributed by atoms with Crippen molar-refractivity contribution in [1.82, 2.24) is 14.9 Å². The van der Waals surface area contributed by atoms with Gasteiger partial charge in [-0.3, -0.25) is 9.36 Å². The van der Waals surface area contributed by atoms with Gasteiger partial charge in [0.05, 0.1) is 31.4 Å². The van der Waals surface area contributed by atoms with Gasteiger partial charge >= 0.3 is 0 Å². The molecule has 0 aliphatic heterocycles. The van der Waals surface area contributed by atoms with Crippen molar-refractivity contribution in [2.75, 3.05) is 32.2 Å². The Bertz CT molecular complexity index is 1260. The molecule has 200 valence electrons. The number of ether oxygens (including phenoxy) is 2. The SMILES string of the molecule is COc1cc(OC)c(F)c(N(CCCNC(C)C)c2ccc3ncn(C4CCCCC4)c(=O)c3c2)c1F. The standard InChI is InChI=1S/C28H36F2N4O3/c1-18(2)31-13-8-14-33(27-25(29)23(36-3)16-24(37-4)26(27)30)20-11-12-22-21(15-20)28(35)34(17-32-22)19-9-6-5-7-10-19/h11-12,15-19,31H,5-10,13-14H2,1-4H3. The monoisotopic (exact) mass is 514 g/mol. The van der Waals surface area contributed by atoms with Crippen LogP contribution in [0.3, 0.4) is 0 Å². The minimum atomic E-state index is -0.830. The van der Waals surface area contributed by atoms with E-state index in [1.165, 1.54) is 26.7 Å². The first-order chi connectivity index (χ1) is 17.8. The summed E-state index contributed by atoms with van der Waals surface area (Å²) in [7, 11) is 2.65. The van der Waals surface area contributed by atoms with Gasteiger partial charge in [0.2, 0.25) is 0 Å². The van der Waals surface area contributed by atoms with Crippen LogP contribution in [-0.4, -0.2) is 42.9 Å². The average Bonchev–Trinajstić information content (AvgIpc) is 2.90. The molecule has 1 aliphatic carbocycles. The van der Waals surface area contributed by atoms with E-state index < -0.39 is 11.6 Å². The molecule has 1 N–H and O–H groups in total. The summed E-state index contributed by atoms with van der Waals surface area (Å²) in [6, 6.07) is 6.75. The smallest absolute Gasteiger partial charge is 0.261 e. The predicted molar refractivity (Wildman–Crippen MR) is 142 cm³/mol. The van der Waals surface area contributed by atoms with E-state index in [0.717, 1.165) is 25.7 Å². The molecule has 1 aliphatic rings. The van der Waals surface area contributed by atoms with E-state index in [1.54, 1.807) is 34.0 Å². The highest BCUT2D eigenvalue weighted by atomic mass is 19.1. The summed E-state index contributed by atoms with van der Waals surface area (Å²) < 4.78 is 43.2. The van der Waals surface area contributed by atoms with Crippen molar-refractivity contribution in [3.8, 4) is 11.5 Å². The highest BCUT2D eigenvalue weighted by molar-refractivity contribution is 5.83. The van der Waals surface area contributed by atoms with Crippen molar-refractivity contribution < 1.29 is 18.3 Å². The number of hydrogen-bond donors (Lipinski definition) is 1. The molecule has 4 rings (SSSR count). The van der Waals surface area contributed by atoms with Crippen LogP contribution in [0.4, 0.5) is 20.2 Å². The number of hydrogen-bond acceptors (Lipinski definition) is 6. The van der Waals surface area contributed by atoms with E-state index in [2.05, 4.69) is 10.3 Å². The van der Waals surface area contributed by atoms with E-state index in [9.17, 15) is 4.79 Å². The fourth-order valence-corrected chi connectivity index (χ4v) is 5.02. The van der Waals surface area contributed by atoms with Gasteiger partial charge in [-0.1, -0.05) is 33.1 Å². The topological polar surface area (TPSA) is 68.6 Å². The lowest BCUT2D eigenvalue weighted by molar-refractivity contribution is 0.345. The second-order valence-corrected chi connectivity index (χ2v) is 9.82. The zero-order chi connectivity index (χ0) is 26.5. The van der Waals surface area contributed by atoms with E-state index >= 15 is 8.78 Å². The number of rotatable bonds is 10. The number of aromatic nitrogens is 2. The average molecular weight is 515 g/mol. The first kappa shape index (κ1) is 26.9. The second-order valence-electron chi connectivity index (χ2n) is 9.82. The molecule has 9 heteroatoms. The highest BCUT2D eigenvalue weighted by Gasteiger charge is 2.26. The largest absolute Gasteiger partial charge is 0.493 e. The minimum Gasteiger partial charge on any atom is -0.493 e. The highest BCUT2D eigenvalue weighted by Crippen LogP contribution is 2.40. The first-order valence-electron chi connectivity index (χ1n) is 13.0. The van der Waals surface area contributed by atoms with Crippen LogP contribution in [0.25, 0.3) is 10.9 Å². The summed E-state index contributed by atoms with van der Waals surface area (Å²) >= 11 is 0. The van der Waals surface area contributed by atoms with Crippen LogP contribution < -0.4 is 25.2 Å². The third-order valence-electron chi connectivity index (χ3n) is 6.98. The van der Waals surface area contributed by atoms with Crippen LogP contribution in [0.1, 0.15) is 58.4 Å². The maximum Gasteiger partial charge on any atom is 0.261 e. The number of methoxy groups -OCH3 is 2. The Morgan fingerprint density at radius 3 is 2.38 bits per heavy atom. The Kier molecular flexibility index (Phi) is 8.63. The van der Waals surface area contributed by atoms with Gasteiger partial charge < -0.3 is 19.7 Å².